The molecule has 2 saturated heterocycles. The van der Waals surface area contributed by atoms with Crippen LogP contribution in [-0.2, 0) is 0 Å². The highest BCUT2D eigenvalue weighted by Gasteiger charge is 2.43. The summed E-state index contributed by atoms with van der Waals surface area (Å²) in [5.74, 6) is 0.952. The van der Waals surface area contributed by atoms with Crippen molar-refractivity contribution in [3.8, 4) is 0 Å². The molecule has 1 spiro atoms. The number of aliphatic hydroxyl groups excluding tert-OH is 2. The minimum atomic E-state index is -0.639. The van der Waals surface area contributed by atoms with E-state index in [2.05, 4.69) is 14.8 Å². The van der Waals surface area contributed by atoms with Gasteiger partial charge in [-0.05, 0) is 44.4 Å². The van der Waals surface area contributed by atoms with E-state index in [0.29, 0.717) is 6.54 Å². The highest BCUT2D eigenvalue weighted by molar-refractivity contribution is 5.75. The summed E-state index contributed by atoms with van der Waals surface area (Å²) in [6, 6.07) is 7.97. The molecule has 2 aliphatic rings. The van der Waals surface area contributed by atoms with Crippen LogP contribution in [-0.4, -0.2) is 69.5 Å². The largest absolute Gasteiger partial charge is 0.394 e. The Bertz CT molecular complexity index is 730. The number of benzene rings is 1. The van der Waals surface area contributed by atoms with E-state index in [9.17, 15) is 5.11 Å². The van der Waals surface area contributed by atoms with Crippen molar-refractivity contribution in [2.24, 2.45) is 0 Å². The van der Waals surface area contributed by atoms with Crippen molar-refractivity contribution in [2.45, 2.75) is 37.3 Å². The second-order valence-corrected chi connectivity index (χ2v) is 7.31. The zero-order valence-electron chi connectivity index (χ0n) is 14.5. The van der Waals surface area contributed by atoms with Gasteiger partial charge >= 0.3 is 0 Å². The SMILES string of the molecule is OCC(O)CN1CCCC12CCN(c1cnc3ccccc3n1)CC2. The normalized spacial score (nSPS) is 21.9. The van der Waals surface area contributed by atoms with Crippen LogP contribution in [0.15, 0.2) is 30.5 Å². The van der Waals surface area contributed by atoms with Crippen molar-refractivity contribution in [2.75, 3.05) is 37.7 Å². The van der Waals surface area contributed by atoms with Crippen LogP contribution in [0.3, 0.4) is 0 Å². The summed E-state index contributed by atoms with van der Waals surface area (Å²) in [7, 11) is 0. The summed E-state index contributed by atoms with van der Waals surface area (Å²) in [5, 5.41) is 19.0. The Balaban J connectivity index is 1.46. The Morgan fingerprint density at radius 2 is 1.84 bits per heavy atom. The average Bonchev–Trinajstić information content (AvgIpc) is 3.03. The number of para-hydroxylation sites is 2. The number of piperidine rings is 1. The highest BCUT2D eigenvalue weighted by atomic mass is 16.3. The van der Waals surface area contributed by atoms with E-state index >= 15 is 0 Å². The fraction of sp³-hybridized carbons (Fsp3) is 0.579. The van der Waals surface area contributed by atoms with E-state index < -0.39 is 6.10 Å². The fourth-order valence-electron chi connectivity index (χ4n) is 4.41. The molecule has 6 nitrogen and oxygen atoms in total. The molecule has 134 valence electrons. The van der Waals surface area contributed by atoms with E-state index in [-0.39, 0.29) is 12.1 Å². The summed E-state index contributed by atoms with van der Waals surface area (Å²) in [6.45, 7) is 3.35. The number of hydrogen-bond acceptors (Lipinski definition) is 6. The molecule has 0 radical (unpaired) electrons. The summed E-state index contributed by atoms with van der Waals surface area (Å²) in [5.41, 5.74) is 2.05. The third-order valence-corrected chi connectivity index (χ3v) is 5.84. The molecule has 3 heterocycles. The standard InChI is InChI=1S/C19H26N4O2/c24-14-15(25)13-23-9-3-6-19(23)7-10-22(11-8-19)18-12-20-16-4-1-2-5-17(16)21-18/h1-2,4-5,12,15,24-25H,3,6-11,13-14H2. The van der Waals surface area contributed by atoms with Crippen molar-refractivity contribution in [3.05, 3.63) is 30.5 Å². The zero-order valence-corrected chi connectivity index (χ0v) is 14.5. The average molecular weight is 342 g/mol. The molecule has 2 N–H and O–H groups in total. The number of β-amino-alcohol motifs (C(OH)–C–C–N with tert-alkyl or cyclic N) is 1. The molecule has 2 aliphatic heterocycles. The molecule has 25 heavy (non-hydrogen) atoms. The predicted molar refractivity (Wildman–Crippen MR) is 97.6 cm³/mol. The van der Waals surface area contributed by atoms with Crippen LogP contribution in [0.25, 0.3) is 11.0 Å². The van der Waals surface area contributed by atoms with Gasteiger partial charge in [0.2, 0.25) is 0 Å². The second kappa shape index (κ2) is 6.86. The molecule has 6 heteroatoms. The van der Waals surface area contributed by atoms with Crippen molar-refractivity contribution >= 4 is 16.9 Å². The van der Waals surface area contributed by atoms with Crippen LogP contribution in [0.1, 0.15) is 25.7 Å². The first-order valence-electron chi connectivity index (χ1n) is 9.21. The van der Waals surface area contributed by atoms with E-state index in [0.717, 1.165) is 49.3 Å². The van der Waals surface area contributed by atoms with Gasteiger partial charge in [0.15, 0.2) is 0 Å². The van der Waals surface area contributed by atoms with Crippen molar-refractivity contribution in [1.82, 2.24) is 14.9 Å². The smallest absolute Gasteiger partial charge is 0.147 e. The van der Waals surface area contributed by atoms with Crippen LogP contribution in [0.4, 0.5) is 5.82 Å². The summed E-state index contributed by atoms with van der Waals surface area (Å²) < 4.78 is 0. The van der Waals surface area contributed by atoms with Gasteiger partial charge in [-0.2, -0.15) is 0 Å². The lowest BCUT2D eigenvalue weighted by Gasteiger charge is -2.45. The van der Waals surface area contributed by atoms with Crippen LogP contribution in [0.2, 0.25) is 0 Å². The number of nitrogens with zero attached hydrogens (tertiary/aromatic N) is 4. The van der Waals surface area contributed by atoms with Crippen LogP contribution < -0.4 is 4.90 Å². The Labute approximate surface area is 148 Å². The van der Waals surface area contributed by atoms with Gasteiger partial charge < -0.3 is 15.1 Å². The lowest BCUT2D eigenvalue weighted by molar-refractivity contribution is 0.0208. The second-order valence-electron chi connectivity index (χ2n) is 7.31. The maximum atomic E-state index is 9.84. The number of aromatic nitrogens is 2. The monoisotopic (exact) mass is 342 g/mol. The molecule has 0 amide bonds. The molecular formula is C19H26N4O2. The first-order chi connectivity index (χ1) is 12.2. The van der Waals surface area contributed by atoms with E-state index in [1.807, 2.05) is 30.5 Å². The molecule has 1 aromatic heterocycles. The predicted octanol–water partition coefficient (Wildman–Crippen LogP) is 1.42. The topological polar surface area (TPSA) is 72.7 Å². The molecule has 0 aliphatic carbocycles. The Morgan fingerprint density at radius 1 is 1.08 bits per heavy atom. The van der Waals surface area contributed by atoms with Gasteiger partial charge in [0.25, 0.3) is 0 Å². The Kier molecular flexibility index (Phi) is 4.58. The van der Waals surface area contributed by atoms with Crippen molar-refractivity contribution < 1.29 is 10.2 Å². The van der Waals surface area contributed by atoms with Gasteiger partial charge in [-0.25, -0.2) is 4.98 Å². The summed E-state index contributed by atoms with van der Waals surface area (Å²) in [6.07, 6.45) is 5.73. The van der Waals surface area contributed by atoms with Crippen LogP contribution >= 0.6 is 0 Å². The van der Waals surface area contributed by atoms with Gasteiger partial charge in [-0.1, -0.05) is 12.1 Å². The number of hydrogen-bond donors (Lipinski definition) is 2. The maximum Gasteiger partial charge on any atom is 0.147 e. The minimum absolute atomic E-state index is 0.161. The minimum Gasteiger partial charge on any atom is -0.394 e. The zero-order chi connectivity index (χ0) is 17.3. The fourth-order valence-corrected chi connectivity index (χ4v) is 4.41. The molecular weight excluding hydrogens is 316 g/mol. The molecule has 2 aromatic rings. The number of rotatable bonds is 4. The van der Waals surface area contributed by atoms with Crippen LogP contribution in [0, 0.1) is 0 Å². The Hall–Kier alpha value is -1.76. The van der Waals surface area contributed by atoms with E-state index in [1.54, 1.807) is 0 Å². The number of aliphatic hydroxyl groups is 2. The first-order valence-corrected chi connectivity index (χ1v) is 9.21. The third kappa shape index (κ3) is 3.21. The maximum absolute atomic E-state index is 9.84. The molecule has 1 unspecified atom stereocenters. The molecule has 0 saturated carbocycles. The molecule has 0 bridgehead atoms. The van der Waals surface area contributed by atoms with E-state index in [4.69, 9.17) is 10.1 Å². The Morgan fingerprint density at radius 3 is 2.60 bits per heavy atom. The summed E-state index contributed by atoms with van der Waals surface area (Å²) >= 11 is 0. The van der Waals surface area contributed by atoms with Gasteiger partial charge in [0.1, 0.15) is 5.82 Å². The quantitative estimate of drug-likeness (QED) is 0.875. The van der Waals surface area contributed by atoms with Gasteiger partial charge in [0.05, 0.1) is 29.9 Å². The lowest BCUT2D eigenvalue weighted by atomic mass is 9.84. The summed E-state index contributed by atoms with van der Waals surface area (Å²) in [4.78, 5) is 14.0. The van der Waals surface area contributed by atoms with Crippen LogP contribution in [0.5, 0.6) is 0 Å². The van der Waals surface area contributed by atoms with Crippen molar-refractivity contribution in [1.29, 1.82) is 0 Å². The molecule has 1 aromatic carbocycles. The third-order valence-electron chi connectivity index (χ3n) is 5.84. The van der Waals surface area contributed by atoms with Gasteiger partial charge in [-0.15, -0.1) is 0 Å². The van der Waals surface area contributed by atoms with Crippen molar-refractivity contribution in [3.63, 3.8) is 0 Å². The number of fused-ring (bicyclic) bond motifs is 1. The number of anilines is 1. The molecule has 2 fully saturated rings. The first kappa shape index (κ1) is 16.7. The highest BCUT2D eigenvalue weighted by Crippen LogP contribution is 2.39. The van der Waals surface area contributed by atoms with E-state index in [1.165, 1.54) is 12.8 Å². The number of likely N-dealkylation sites (tertiary alicyclic amines) is 1. The molecule has 1 atom stereocenters. The lowest BCUT2D eigenvalue weighted by Crippen LogP contribution is -2.54. The molecule has 4 rings (SSSR count). The van der Waals surface area contributed by atoms with Gasteiger partial charge in [-0.3, -0.25) is 9.88 Å². The van der Waals surface area contributed by atoms with Gasteiger partial charge in [0, 0.05) is 25.2 Å².